The molecule has 3 heteroatoms. The normalized spacial score (nSPS) is 19.1. The summed E-state index contributed by atoms with van der Waals surface area (Å²) in [5, 5.41) is 0. The third kappa shape index (κ3) is 1.98. The van der Waals surface area contributed by atoms with Gasteiger partial charge in [-0.2, -0.15) is 0 Å². The van der Waals surface area contributed by atoms with Crippen LogP contribution in [-0.2, 0) is 16.0 Å². The van der Waals surface area contributed by atoms with Crippen LogP contribution in [0, 0.1) is 5.92 Å². The number of ether oxygens (including phenoxy) is 1. The number of carbonyl (C=O) groups excluding carboxylic acids is 2. The van der Waals surface area contributed by atoms with E-state index < -0.39 is 0 Å². The number of esters is 1. The van der Waals surface area contributed by atoms with Crippen LogP contribution in [0.25, 0.3) is 0 Å². The summed E-state index contributed by atoms with van der Waals surface area (Å²) >= 11 is 0. The first-order chi connectivity index (χ1) is 7.72. The van der Waals surface area contributed by atoms with Crippen molar-refractivity contribution in [1.29, 1.82) is 0 Å². The van der Waals surface area contributed by atoms with E-state index in [2.05, 4.69) is 0 Å². The molecule has 1 atom stereocenters. The van der Waals surface area contributed by atoms with Crippen molar-refractivity contribution < 1.29 is 14.3 Å². The van der Waals surface area contributed by atoms with Crippen LogP contribution < -0.4 is 0 Å². The molecule has 0 amide bonds. The van der Waals surface area contributed by atoms with Crippen LogP contribution in [0.3, 0.4) is 0 Å². The lowest BCUT2D eigenvalue weighted by Crippen LogP contribution is -2.28. The Hall–Kier alpha value is -1.64. The van der Waals surface area contributed by atoms with Gasteiger partial charge in [0.15, 0.2) is 5.78 Å². The Balaban J connectivity index is 2.21. The van der Waals surface area contributed by atoms with Crippen LogP contribution in [0.1, 0.15) is 29.3 Å². The van der Waals surface area contributed by atoms with Gasteiger partial charge >= 0.3 is 5.97 Å². The summed E-state index contributed by atoms with van der Waals surface area (Å²) in [6, 6.07) is 7.46. The van der Waals surface area contributed by atoms with Crippen molar-refractivity contribution in [3.8, 4) is 0 Å². The predicted molar refractivity (Wildman–Crippen MR) is 59.2 cm³/mol. The average molecular weight is 218 g/mol. The molecule has 0 aliphatic heterocycles. The molecule has 1 aliphatic rings. The fourth-order valence-electron chi connectivity index (χ4n) is 2.07. The van der Waals surface area contributed by atoms with Gasteiger partial charge in [-0.3, -0.25) is 9.59 Å². The standard InChI is InChI=1S/C13H14O3/c1-2-16-13(15)10-7-9-5-3-4-6-11(9)12(14)8-10/h3-6,10H,2,7-8H2,1H3. The highest BCUT2D eigenvalue weighted by Gasteiger charge is 2.30. The molecule has 0 bridgehead atoms. The van der Waals surface area contributed by atoms with Gasteiger partial charge < -0.3 is 4.74 Å². The van der Waals surface area contributed by atoms with Crippen LogP contribution in [0.15, 0.2) is 24.3 Å². The predicted octanol–water partition coefficient (Wildman–Crippen LogP) is 1.99. The number of benzene rings is 1. The fraction of sp³-hybridized carbons (Fsp3) is 0.385. The topological polar surface area (TPSA) is 43.4 Å². The molecule has 0 fully saturated rings. The summed E-state index contributed by atoms with van der Waals surface area (Å²) in [5.41, 5.74) is 1.71. The highest BCUT2D eigenvalue weighted by molar-refractivity contribution is 6.01. The van der Waals surface area contributed by atoms with Crippen LogP contribution in [0.2, 0.25) is 0 Å². The molecule has 84 valence electrons. The van der Waals surface area contributed by atoms with E-state index in [0.717, 1.165) is 11.1 Å². The first kappa shape index (κ1) is 10.9. The Bertz CT molecular complexity index is 423. The molecular weight excluding hydrogens is 204 g/mol. The number of rotatable bonds is 2. The first-order valence-electron chi connectivity index (χ1n) is 5.50. The van der Waals surface area contributed by atoms with Gasteiger partial charge in [0.05, 0.1) is 12.5 Å². The molecule has 16 heavy (non-hydrogen) atoms. The Labute approximate surface area is 94.4 Å². The molecule has 1 aromatic carbocycles. The minimum atomic E-state index is -0.303. The molecule has 1 aromatic rings. The Morgan fingerprint density at radius 3 is 2.88 bits per heavy atom. The molecule has 0 saturated heterocycles. The average Bonchev–Trinajstić information content (AvgIpc) is 2.29. The Morgan fingerprint density at radius 1 is 1.38 bits per heavy atom. The van der Waals surface area contributed by atoms with Crippen molar-refractivity contribution in [3.05, 3.63) is 35.4 Å². The summed E-state index contributed by atoms with van der Waals surface area (Å²) in [6.07, 6.45) is 0.886. The molecule has 0 saturated carbocycles. The van der Waals surface area contributed by atoms with Gasteiger partial charge in [-0.1, -0.05) is 24.3 Å². The van der Waals surface area contributed by atoms with Crippen molar-refractivity contribution in [1.82, 2.24) is 0 Å². The van der Waals surface area contributed by atoms with Gasteiger partial charge in [0.1, 0.15) is 0 Å². The van der Waals surface area contributed by atoms with Crippen molar-refractivity contribution in [2.75, 3.05) is 6.61 Å². The molecule has 0 aromatic heterocycles. The van der Waals surface area contributed by atoms with Crippen LogP contribution in [-0.4, -0.2) is 18.4 Å². The smallest absolute Gasteiger partial charge is 0.309 e. The second-order valence-electron chi connectivity index (χ2n) is 3.94. The molecule has 0 heterocycles. The first-order valence-corrected chi connectivity index (χ1v) is 5.50. The number of carbonyl (C=O) groups is 2. The van der Waals surface area contributed by atoms with Gasteiger partial charge in [-0.05, 0) is 18.9 Å². The third-order valence-electron chi connectivity index (χ3n) is 2.84. The van der Waals surface area contributed by atoms with E-state index in [1.165, 1.54) is 0 Å². The maximum absolute atomic E-state index is 11.8. The zero-order chi connectivity index (χ0) is 11.5. The van der Waals surface area contributed by atoms with Gasteiger partial charge in [0, 0.05) is 12.0 Å². The summed E-state index contributed by atoms with van der Waals surface area (Å²) in [4.78, 5) is 23.4. The number of fused-ring (bicyclic) bond motifs is 1. The summed E-state index contributed by atoms with van der Waals surface area (Å²) < 4.78 is 4.95. The van der Waals surface area contributed by atoms with Crippen LogP contribution >= 0.6 is 0 Å². The molecule has 1 aliphatic carbocycles. The molecular formula is C13H14O3. The van der Waals surface area contributed by atoms with Crippen LogP contribution in [0.5, 0.6) is 0 Å². The number of ketones is 1. The molecule has 1 unspecified atom stereocenters. The van der Waals surface area contributed by atoms with E-state index in [0.29, 0.717) is 13.0 Å². The Morgan fingerprint density at radius 2 is 2.12 bits per heavy atom. The van der Waals surface area contributed by atoms with Crippen molar-refractivity contribution in [3.63, 3.8) is 0 Å². The fourth-order valence-corrected chi connectivity index (χ4v) is 2.07. The minimum Gasteiger partial charge on any atom is -0.466 e. The van der Waals surface area contributed by atoms with E-state index in [1.54, 1.807) is 6.92 Å². The summed E-state index contributed by atoms with van der Waals surface area (Å²) in [5.74, 6) is -0.521. The second-order valence-corrected chi connectivity index (χ2v) is 3.94. The lowest BCUT2D eigenvalue weighted by molar-refractivity contribution is -0.148. The lowest BCUT2D eigenvalue weighted by atomic mass is 9.83. The van der Waals surface area contributed by atoms with E-state index >= 15 is 0 Å². The van der Waals surface area contributed by atoms with Gasteiger partial charge in [-0.15, -0.1) is 0 Å². The van der Waals surface area contributed by atoms with E-state index in [4.69, 9.17) is 4.74 Å². The number of Topliss-reactive ketones (excluding diaryl/α,β-unsaturated/α-hetero) is 1. The number of hydrogen-bond donors (Lipinski definition) is 0. The third-order valence-corrected chi connectivity index (χ3v) is 2.84. The zero-order valence-electron chi connectivity index (χ0n) is 9.23. The molecule has 0 N–H and O–H groups in total. The molecule has 0 radical (unpaired) electrons. The SMILES string of the molecule is CCOC(=O)C1CC(=O)c2ccccc2C1. The Kier molecular flexibility index (Phi) is 3.04. The minimum absolute atomic E-state index is 0.0416. The summed E-state index contributed by atoms with van der Waals surface area (Å²) in [7, 11) is 0. The summed E-state index contributed by atoms with van der Waals surface area (Å²) in [6.45, 7) is 2.14. The lowest BCUT2D eigenvalue weighted by Gasteiger charge is -2.21. The molecule has 3 nitrogen and oxygen atoms in total. The quantitative estimate of drug-likeness (QED) is 0.713. The second kappa shape index (κ2) is 4.47. The van der Waals surface area contributed by atoms with Crippen LogP contribution in [0.4, 0.5) is 0 Å². The highest BCUT2D eigenvalue weighted by atomic mass is 16.5. The monoisotopic (exact) mass is 218 g/mol. The van der Waals surface area contributed by atoms with Gasteiger partial charge in [-0.25, -0.2) is 0 Å². The highest BCUT2D eigenvalue weighted by Crippen LogP contribution is 2.26. The zero-order valence-corrected chi connectivity index (χ0v) is 9.23. The molecule has 0 spiro atoms. The molecule has 2 rings (SSSR count). The van der Waals surface area contributed by atoms with E-state index in [-0.39, 0.29) is 24.1 Å². The van der Waals surface area contributed by atoms with Gasteiger partial charge in [0.25, 0.3) is 0 Å². The van der Waals surface area contributed by atoms with E-state index in [1.807, 2.05) is 24.3 Å². The van der Waals surface area contributed by atoms with Crippen molar-refractivity contribution in [2.45, 2.75) is 19.8 Å². The van der Waals surface area contributed by atoms with Crippen molar-refractivity contribution >= 4 is 11.8 Å². The maximum atomic E-state index is 11.8. The van der Waals surface area contributed by atoms with E-state index in [9.17, 15) is 9.59 Å². The maximum Gasteiger partial charge on any atom is 0.309 e. The van der Waals surface area contributed by atoms with Gasteiger partial charge in [0.2, 0.25) is 0 Å². The number of hydrogen-bond acceptors (Lipinski definition) is 3. The largest absolute Gasteiger partial charge is 0.466 e. The van der Waals surface area contributed by atoms with Crippen molar-refractivity contribution in [2.24, 2.45) is 5.92 Å².